The number of nitrogens with one attached hydrogen (secondary N) is 1. The number of hydrogen-bond acceptors (Lipinski definition) is 3. The van der Waals surface area contributed by atoms with Gasteiger partial charge in [-0.2, -0.15) is 0 Å². The smallest absolute Gasteiger partial charge is 0.123 e. The fraction of sp³-hybridized carbons (Fsp3) is 0.438. The molecule has 0 bridgehead atoms. The predicted molar refractivity (Wildman–Crippen MR) is 83.6 cm³/mol. The van der Waals surface area contributed by atoms with Crippen LogP contribution in [0.15, 0.2) is 24.3 Å². The summed E-state index contributed by atoms with van der Waals surface area (Å²) < 4.78 is 0. The Hall–Kier alpha value is -1.19. The third-order valence-electron chi connectivity index (χ3n) is 3.38. The predicted octanol–water partition coefficient (Wildman–Crippen LogP) is 4.32. The Morgan fingerprint density at radius 3 is 2.79 bits per heavy atom. The molecule has 0 fully saturated rings. The third kappa shape index (κ3) is 3.64. The lowest BCUT2D eigenvalue weighted by molar-refractivity contribution is 0.536. The van der Waals surface area contributed by atoms with E-state index >= 15 is 0 Å². The molecule has 0 saturated heterocycles. The average molecular weight is 274 g/mol. The van der Waals surface area contributed by atoms with Gasteiger partial charge in [-0.15, -0.1) is 11.3 Å². The van der Waals surface area contributed by atoms with E-state index in [2.05, 4.69) is 57.3 Å². The minimum absolute atomic E-state index is 0.559. The minimum Gasteiger partial charge on any atom is -0.309 e. The van der Waals surface area contributed by atoms with Crippen LogP contribution in [0.2, 0.25) is 0 Å². The molecule has 0 spiro atoms. The maximum atomic E-state index is 4.70. The van der Waals surface area contributed by atoms with Crippen molar-refractivity contribution in [2.45, 2.75) is 46.7 Å². The molecule has 1 heterocycles. The van der Waals surface area contributed by atoms with Gasteiger partial charge in [0.05, 0.1) is 5.69 Å². The van der Waals surface area contributed by atoms with Crippen molar-refractivity contribution in [2.24, 2.45) is 0 Å². The van der Waals surface area contributed by atoms with E-state index in [0.29, 0.717) is 6.04 Å². The van der Waals surface area contributed by atoms with Crippen LogP contribution in [0, 0.1) is 13.8 Å². The lowest BCUT2D eigenvalue weighted by Crippen LogP contribution is -2.24. The normalized spacial score (nSPS) is 12.6. The van der Waals surface area contributed by atoms with Gasteiger partial charge in [-0.3, -0.25) is 0 Å². The van der Waals surface area contributed by atoms with Gasteiger partial charge < -0.3 is 5.32 Å². The lowest BCUT2D eigenvalue weighted by atomic mass is 10.1. The summed E-state index contributed by atoms with van der Waals surface area (Å²) in [5.74, 6) is 0. The molecule has 0 aliphatic carbocycles. The van der Waals surface area contributed by atoms with Crippen LogP contribution in [0.3, 0.4) is 0 Å². The van der Waals surface area contributed by atoms with Crippen LogP contribution >= 0.6 is 11.3 Å². The van der Waals surface area contributed by atoms with Crippen LogP contribution in [-0.4, -0.2) is 11.0 Å². The highest BCUT2D eigenvalue weighted by Gasteiger charge is 2.10. The van der Waals surface area contributed by atoms with Crippen molar-refractivity contribution in [1.82, 2.24) is 10.3 Å². The highest BCUT2D eigenvalue weighted by atomic mass is 32.1. The summed E-state index contributed by atoms with van der Waals surface area (Å²) >= 11 is 1.80. The summed E-state index contributed by atoms with van der Waals surface area (Å²) in [6, 6.07) is 9.11. The van der Waals surface area contributed by atoms with E-state index in [1.807, 2.05) is 0 Å². The Morgan fingerprint density at radius 1 is 1.32 bits per heavy atom. The first kappa shape index (κ1) is 14.2. The Labute approximate surface area is 119 Å². The second kappa shape index (κ2) is 6.31. The molecule has 1 aromatic heterocycles. The first-order valence-electron chi connectivity index (χ1n) is 6.87. The van der Waals surface area contributed by atoms with Crippen LogP contribution in [0.25, 0.3) is 10.6 Å². The van der Waals surface area contributed by atoms with Crippen LogP contribution < -0.4 is 5.32 Å². The van der Waals surface area contributed by atoms with Gasteiger partial charge >= 0.3 is 0 Å². The first-order chi connectivity index (χ1) is 9.10. The second-order valence-corrected chi connectivity index (χ2v) is 6.17. The molecule has 0 amide bonds. The van der Waals surface area contributed by atoms with E-state index < -0.39 is 0 Å². The van der Waals surface area contributed by atoms with Gasteiger partial charge in [0.2, 0.25) is 0 Å². The third-order valence-corrected chi connectivity index (χ3v) is 4.59. The summed E-state index contributed by atoms with van der Waals surface area (Å²) in [7, 11) is 0. The second-order valence-electron chi connectivity index (χ2n) is 5.09. The summed E-state index contributed by atoms with van der Waals surface area (Å²) in [5, 5.41) is 4.66. The van der Waals surface area contributed by atoms with Crippen molar-refractivity contribution in [3.05, 3.63) is 40.4 Å². The van der Waals surface area contributed by atoms with Crippen molar-refractivity contribution >= 4 is 11.3 Å². The minimum atomic E-state index is 0.559. The van der Waals surface area contributed by atoms with Gasteiger partial charge in [-0.25, -0.2) is 4.98 Å². The fourth-order valence-electron chi connectivity index (χ4n) is 1.90. The molecule has 2 nitrogen and oxygen atoms in total. The monoisotopic (exact) mass is 274 g/mol. The van der Waals surface area contributed by atoms with E-state index in [4.69, 9.17) is 4.98 Å². The molecule has 0 aliphatic heterocycles. The first-order valence-corrected chi connectivity index (χ1v) is 7.68. The maximum Gasteiger partial charge on any atom is 0.123 e. The van der Waals surface area contributed by atoms with Gasteiger partial charge in [0.15, 0.2) is 0 Å². The quantitative estimate of drug-likeness (QED) is 0.878. The molecule has 2 rings (SSSR count). The molecule has 1 N–H and O–H groups in total. The Bertz CT molecular complexity index is 545. The molecule has 0 saturated carbocycles. The highest BCUT2D eigenvalue weighted by molar-refractivity contribution is 7.15. The van der Waals surface area contributed by atoms with Crippen LogP contribution in [0.1, 0.15) is 36.4 Å². The fourth-order valence-corrected chi connectivity index (χ4v) is 2.91. The van der Waals surface area contributed by atoms with E-state index in [1.54, 1.807) is 11.3 Å². The maximum absolute atomic E-state index is 4.70. The summed E-state index contributed by atoms with van der Waals surface area (Å²) in [6.45, 7) is 9.57. The number of thiazole rings is 1. The van der Waals surface area contributed by atoms with E-state index in [-0.39, 0.29) is 0 Å². The number of nitrogens with zero attached hydrogens (tertiary/aromatic N) is 1. The van der Waals surface area contributed by atoms with E-state index in [0.717, 1.165) is 23.7 Å². The molecule has 0 aliphatic rings. The van der Waals surface area contributed by atoms with Gasteiger partial charge in [-0.1, -0.05) is 30.7 Å². The van der Waals surface area contributed by atoms with Crippen molar-refractivity contribution in [3.8, 4) is 10.6 Å². The SMILES string of the molecule is CCC(C)NCc1sc(-c2cccc(C)c2)nc1C. The largest absolute Gasteiger partial charge is 0.309 e. The Morgan fingerprint density at radius 2 is 2.11 bits per heavy atom. The van der Waals surface area contributed by atoms with Gasteiger partial charge in [0.1, 0.15) is 5.01 Å². The zero-order chi connectivity index (χ0) is 13.8. The Balaban J connectivity index is 2.16. The highest BCUT2D eigenvalue weighted by Crippen LogP contribution is 2.28. The summed E-state index contributed by atoms with van der Waals surface area (Å²) in [6.07, 6.45) is 1.16. The number of hydrogen-bond donors (Lipinski definition) is 1. The molecule has 102 valence electrons. The molecule has 19 heavy (non-hydrogen) atoms. The zero-order valence-electron chi connectivity index (χ0n) is 12.2. The molecule has 1 aromatic carbocycles. The molecule has 1 atom stereocenters. The lowest BCUT2D eigenvalue weighted by Gasteiger charge is -2.09. The molecule has 0 radical (unpaired) electrons. The van der Waals surface area contributed by atoms with Crippen LogP contribution in [0.5, 0.6) is 0 Å². The van der Waals surface area contributed by atoms with Crippen molar-refractivity contribution in [3.63, 3.8) is 0 Å². The number of aryl methyl sites for hydroxylation is 2. The van der Waals surface area contributed by atoms with Gasteiger partial charge in [0, 0.05) is 23.0 Å². The molecular formula is C16H22N2S. The molecule has 2 aromatic rings. The van der Waals surface area contributed by atoms with E-state index in [9.17, 15) is 0 Å². The van der Waals surface area contributed by atoms with E-state index in [1.165, 1.54) is 16.0 Å². The number of rotatable bonds is 5. The van der Waals surface area contributed by atoms with Crippen LogP contribution in [0.4, 0.5) is 0 Å². The summed E-state index contributed by atoms with van der Waals surface area (Å²) in [4.78, 5) is 6.05. The van der Waals surface area contributed by atoms with Crippen molar-refractivity contribution in [1.29, 1.82) is 0 Å². The number of aromatic nitrogens is 1. The number of benzene rings is 1. The zero-order valence-corrected chi connectivity index (χ0v) is 13.0. The molecular weight excluding hydrogens is 252 g/mol. The van der Waals surface area contributed by atoms with Gasteiger partial charge in [-0.05, 0) is 33.3 Å². The van der Waals surface area contributed by atoms with Crippen molar-refractivity contribution in [2.75, 3.05) is 0 Å². The topological polar surface area (TPSA) is 24.9 Å². The summed E-state index contributed by atoms with van der Waals surface area (Å²) in [5.41, 5.74) is 3.66. The Kier molecular flexibility index (Phi) is 4.72. The molecule has 1 unspecified atom stereocenters. The van der Waals surface area contributed by atoms with Crippen LogP contribution in [-0.2, 0) is 6.54 Å². The average Bonchev–Trinajstić information content (AvgIpc) is 2.77. The van der Waals surface area contributed by atoms with Crippen molar-refractivity contribution < 1.29 is 0 Å². The standard InChI is InChI=1S/C16H22N2S/c1-5-12(3)17-10-15-13(4)18-16(19-15)14-8-6-7-11(2)9-14/h6-9,12,17H,5,10H2,1-4H3. The van der Waals surface area contributed by atoms with Gasteiger partial charge in [0.25, 0.3) is 0 Å². The molecule has 3 heteroatoms.